The number of halogens is 1. The Morgan fingerprint density at radius 3 is 2.74 bits per heavy atom. The normalized spacial score (nSPS) is 14.4. The van der Waals surface area contributed by atoms with Crippen molar-refractivity contribution in [3.63, 3.8) is 0 Å². The molecule has 0 radical (unpaired) electrons. The van der Waals surface area contributed by atoms with Crippen molar-refractivity contribution in [2.24, 2.45) is 0 Å². The van der Waals surface area contributed by atoms with Crippen molar-refractivity contribution in [3.05, 3.63) is 40.1 Å². The molecule has 98 valence electrons. The van der Waals surface area contributed by atoms with Crippen molar-refractivity contribution < 1.29 is 4.74 Å². The molecule has 0 unspecified atom stereocenters. The van der Waals surface area contributed by atoms with Gasteiger partial charge in [0.2, 0.25) is 5.88 Å². The third-order valence-corrected chi connectivity index (χ3v) is 3.60. The first-order valence-electron chi connectivity index (χ1n) is 6.20. The maximum atomic E-state index is 5.80. The third kappa shape index (κ3) is 2.87. The van der Waals surface area contributed by atoms with Gasteiger partial charge in [-0.05, 0) is 53.4 Å². The zero-order valence-electron chi connectivity index (χ0n) is 10.6. The summed E-state index contributed by atoms with van der Waals surface area (Å²) in [6, 6.07) is 7.56. The third-order valence-electron chi connectivity index (χ3n) is 2.98. The van der Waals surface area contributed by atoms with E-state index in [1.165, 1.54) is 5.56 Å². The number of rotatable bonds is 3. The van der Waals surface area contributed by atoms with Crippen LogP contribution in [0, 0.1) is 6.92 Å². The lowest BCUT2D eigenvalue weighted by Crippen LogP contribution is -2.00. The minimum absolute atomic E-state index is 0.451. The molecule has 3 rings (SSSR count). The largest absolute Gasteiger partial charge is 0.438 e. The second-order valence-electron chi connectivity index (χ2n) is 4.80. The highest BCUT2D eigenvalue weighted by Gasteiger charge is 2.27. The van der Waals surface area contributed by atoms with E-state index < -0.39 is 0 Å². The van der Waals surface area contributed by atoms with E-state index in [0.29, 0.717) is 17.6 Å². The van der Waals surface area contributed by atoms with Crippen molar-refractivity contribution in [2.45, 2.75) is 25.7 Å². The topological polar surface area (TPSA) is 61.0 Å². The molecule has 4 nitrogen and oxygen atoms in total. The lowest BCUT2D eigenvalue weighted by atomic mass is 10.2. The number of hydrogen-bond acceptors (Lipinski definition) is 4. The summed E-state index contributed by atoms with van der Waals surface area (Å²) in [5.41, 5.74) is 6.96. The number of hydrogen-bond donors (Lipinski definition) is 1. The predicted octanol–water partition coefficient (Wildman–Crippen LogP) is 3.80. The Kier molecular flexibility index (Phi) is 3.14. The van der Waals surface area contributed by atoms with Crippen molar-refractivity contribution in [3.8, 4) is 11.6 Å². The number of nitrogens with two attached hydrogens (primary N) is 1. The average Bonchev–Trinajstić information content (AvgIpc) is 3.16. The van der Waals surface area contributed by atoms with Crippen molar-refractivity contribution in [2.75, 3.05) is 5.73 Å². The molecule has 5 heteroatoms. The number of ether oxygens (including phenoxy) is 1. The van der Waals surface area contributed by atoms with Gasteiger partial charge in [-0.25, -0.2) is 4.98 Å². The standard InChI is InChI=1S/C14H14BrN3O/c1-8-2-5-11(10(15)6-8)19-13-7-12(16)17-14(18-13)9-3-4-9/h2,5-7,9H,3-4H2,1H3,(H2,16,17,18). The quantitative estimate of drug-likeness (QED) is 0.934. The lowest BCUT2D eigenvalue weighted by Gasteiger charge is -2.09. The molecule has 1 aliphatic carbocycles. The molecule has 1 aliphatic rings. The number of aryl methyl sites for hydroxylation is 1. The molecule has 0 atom stereocenters. The smallest absolute Gasteiger partial charge is 0.224 e. The molecule has 0 spiro atoms. The van der Waals surface area contributed by atoms with Gasteiger partial charge in [-0.15, -0.1) is 0 Å². The van der Waals surface area contributed by atoms with Gasteiger partial charge in [-0.2, -0.15) is 4.98 Å². The van der Waals surface area contributed by atoms with E-state index in [0.717, 1.165) is 28.9 Å². The zero-order valence-corrected chi connectivity index (χ0v) is 12.1. The summed E-state index contributed by atoms with van der Waals surface area (Å²) in [4.78, 5) is 8.67. The molecule has 0 saturated heterocycles. The van der Waals surface area contributed by atoms with E-state index >= 15 is 0 Å². The Balaban J connectivity index is 1.89. The molecule has 1 aromatic carbocycles. The van der Waals surface area contributed by atoms with Gasteiger partial charge in [-0.3, -0.25) is 0 Å². The molecule has 1 aromatic heterocycles. The van der Waals surface area contributed by atoms with Gasteiger partial charge in [-0.1, -0.05) is 6.07 Å². The van der Waals surface area contributed by atoms with Gasteiger partial charge in [0, 0.05) is 12.0 Å². The van der Waals surface area contributed by atoms with Crippen LogP contribution in [0.3, 0.4) is 0 Å². The van der Waals surface area contributed by atoms with Gasteiger partial charge in [0.1, 0.15) is 17.4 Å². The highest BCUT2D eigenvalue weighted by molar-refractivity contribution is 9.10. The SMILES string of the molecule is Cc1ccc(Oc2cc(N)nc(C3CC3)n2)c(Br)c1. The fraction of sp³-hybridized carbons (Fsp3) is 0.286. The van der Waals surface area contributed by atoms with E-state index in [-0.39, 0.29) is 0 Å². The first-order chi connectivity index (χ1) is 9.11. The number of nitrogen functional groups attached to an aromatic ring is 1. The van der Waals surface area contributed by atoms with E-state index in [1.54, 1.807) is 6.07 Å². The molecular formula is C14H14BrN3O. The molecular weight excluding hydrogens is 306 g/mol. The summed E-state index contributed by atoms with van der Waals surface area (Å²) < 4.78 is 6.69. The van der Waals surface area contributed by atoms with Crippen LogP contribution in [0.2, 0.25) is 0 Å². The molecule has 19 heavy (non-hydrogen) atoms. The first-order valence-corrected chi connectivity index (χ1v) is 6.99. The second kappa shape index (κ2) is 4.81. The molecule has 1 saturated carbocycles. The predicted molar refractivity (Wildman–Crippen MR) is 77.4 cm³/mol. The Labute approximate surface area is 120 Å². The van der Waals surface area contributed by atoms with Gasteiger partial charge in [0.05, 0.1) is 4.47 Å². The van der Waals surface area contributed by atoms with E-state index in [9.17, 15) is 0 Å². The number of anilines is 1. The van der Waals surface area contributed by atoms with Gasteiger partial charge >= 0.3 is 0 Å². The maximum absolute atomic E-state index is 5.80. The maximum Gasteiger partial charge on any atom is 0.224 e. The van der Waals surface area contributed by atoms with Crippen LogP contribution in [-0.2, 0) is 0 Å². The molecule has 0 aliphatic heterocycles. The number of aromatic nitrogens is 2. The van der Waals surface area contributed by atoms with Crippen molar-refractivity contribution in [1.29, 1.82) is 0 Å². The summed E-state index contributed by atoms with van der Waals surface area (Å²) in [5.74, 6) is 2.92. The average molecular weight is 320 g/mol. The molecule has 1 fully saturated rings. The van der Waals surface area contributed by atoms with Crippen LogP contribution in [0.15, 0.2) is 28.7 Å². The first kappa shape index (κ1) is 12.4. The summed E-state index contributed by atoms with van der Waals surface area (Å²) in [7, 11) is 0. The van der Waals surface area contributed by atoms with Crippen LogP contribution in [0.5, 0.6) is 11.6 Å². The number of benzene rings is 1. The van der Waals surface area contributed by atoms with E-state index in [4.69, 9.17) is 10.5 Å². The van der Waals surface area contributed by atoms with Crippen LogP contribution in [0.4, 0.5) is 5.82 Å². The lowest BCUT2D eigenvalue weighted by molar-refractivity contribution is 0.456. The van der Waals surface area contributed by atoms with Crippen LogP contribution in [-0.4, -0.2) is 9.97 Å². The molecule has 0 amide bonds. The Bertz CT molecular complexity index is 626. The minimum atomic E-state index is 0.451. The van der Waals surface area contributed by atoms with Crippen LogP contribution in [0.1, 0.15) is 30.1 Å². The van der Waals surface area contributed by atoms with E-state index in [2.05, 4.69) is 25.9 Å². The number of nitrogens with zero attached hydrogens (tertiary/aromatic N) is 2. The fourth-order valence-electron chi connectivity index (χ4n) is 1.84. The Morgan fingerprint density at radius 2 is 2.05 bits per heavy atom. The summed E-state index contributed by atoms with van der Waals surface area (Å²) >= 11 is 3.48. The minimum Gasteiger partial charge on any atom is -0.438 e. The summed E-state index contributed by atoms with van der Waals surface area (Å²) in [5, 5.41) is 0. The summed E-state index contributed by atoms with van der Waals surface area (Å²) in [6.07, 6.45) is 2.27. The van der Waals surface area contributed by atoms with Gasteiger partial charge in [0.25, 0.3) is 0 Å². The second-order valence-corrected chi connectivity index (χ2v) is 5.65. The molecule has 2 aromatic rings. The van der Waals surface area contributed by atoms with Crippen LogP contribution in [0.25, 0.3) is 0 Å². The van der Waals surface area contributed by atoms with Gasteiger partial charge < -0.3 is 10.5 Å². The van der Waals surface area contributed by atoms with Crippen LogP contribution >= 0.6 is 15.9 Å². The Hall–Kier alpha value is -1.62. The highest BCUT2D eigenvalue weighted by Crippen LogP contribution is 2.39. The van der Waals surface area contributed by atoms with Gasteiger partial charge in [0.15, 0.2) is 0 Å². The molecule has 2 N–H and O–H groups in total. The summed E-state index contributed by atoms with van der Waals surface area (Å²) in [6.45, 7) is 2.03. The van der Waals surface area contributed by atoms with Crippen LogP contribution < -0.4 is 10.5 Å². The molecule has 1 heterocycles. The van der Waals surface area contributed by atoms with Crippen molar-refractivity contribution >= 4 is 21.7 Å². The fourth-order valence-corrected chi connectivity index (χ4v) is 2.41. The monoisotopic (exact) mass is 319 g/mol. The molecule has 0 bridgehead atoms. The Morgan fingerprint density at radius 1 is 1.26 bits per heavy atom. The van der Waals surface area contributed by atoms with E-state index in [1.807, 2.05) is 25.1 Å². The van der Waals surface area contributed by atoms with Crippen molar-refractivity contribution in [1.82, 2.24) is 9.97 Å². The zero-order chi connectivity index (χ0) is 13.4. The highest BCUT2D eigenvalue weighted by atomic mass is 79.9.